The average Bonchev–Trinajstić information content (AvgIpc) is 2.32. The van der Waals surface area contributed by atoms with Gasteiger partial charge in [-0.15, -0.1) is 0 Å². The summed E-state index contributed by atoms with van der Waals surface area (Å²) >= 11 is 2.68. The molecule has 118 valence electrons. The zero-order valence-corrected chi connectivity index (χ0v) is 13.3. The number of esters is 1. The lowest BCUT2D eigenvalue weighted by Crippen LogP contribution is -2.19. The third-order valence-electron chi connectivity index (χ3n) is 2.34. The Hall–Kier alpha value is -1.10. The fraction of sp³-hybridized carbons (Fsp3) is 0.364. The van der Waals surface area contributed by atoms with Gasteiger partial charge in [-0.25, -0.2) is 27.1 Å². The SMILES string of the molecule is COCCCOC(=O)c1c(F)cc(Br)c(S(N)(=O)=O)c1F. The van der Waals surface area contributed by atoms with Crippen molar-refractivity contribution in [1.29, 1.82) is 0 Å². The van der Waals surface area contributed by atoms with Gasteiger partial charge in [-0.05, 0) is 22.0 Å². The standard InChI is InChI=1S/C11H12BrF2NO5S/c1-19-3-2-4-20-11(16)8-7(13)5-6(12)10(9(8)14)21(15,17)18/h5H,2-4H2,1H3,(H2,15,17,18). The number of carbonyl (C=O) groups is 1. The van der Waals surface area contributed by atoms with Crippen molar-refractivity contribution in [2.75, 3.05) is 20.3 Å². The Balaban J connectivity index is 3.16. The van der Waals surface area contributed by atoms with Crippen LogP contribution in [0, 0.1) is 11.6 Å². The topological polar surface area (TPSA) is 95.7 Å². The van der Waals surface area contributed by atoms with E-state index < -0.39 is 42.6 Å². The zero-order chi connectivity index (χ0) is 16.2. The van der Waals surface area contributed by atoms with Crippen LogP contribution in [0.1, 0.15) is 16.8 Å². The van der Waals surface area contributed by atoms with Crippen LogP contribution < -0.4 is 5.14 Å². The summed E-state index contributed by atoms with van der Waals surface area (Å²) in [5, 5.41) is 4.83. The van der Waals surface area contributed by atoms with Gasteiger partial charge in [0.2, 0.25) is 10.0 Å². The summed E-state index contributed by atoms with van der Waals surface area (Å²) in [4.78, 5) is 10.6. The molecule has 6 nitrogen and oxygen atoms in total. The molecular formula is C11H12BrF2NO5S. The van der Waals surface area contributed by atoms with Crippen molar-refractivity contribution >= 4 is 31.9 Å². The third kappa shape index (κ3) is 4.43. The first-order valence-electron chi connectivity index (χ1n) is 5.56. The number of benzene rings is 1. The molecule has 0 saturated carbocycles. The molecule has 0 heterocycles. The summed E-state index contributed by atoms with van der Waals surface area (Å²) in [6.45, 7) is 0.160. The quantitative estimate of drug-likeness (QED) is 0.590. The van der Waals surface area contributed by atoms with Crippen LogP contribution in [-0.2, 0) is 19.5 Å². The second-order valence-electron chi connectivity index (χ2n) is 3.89. The average molecular weight is 388 g/mol. The number of rotatable bonds is 6. The normalized spacial score (nSPS) is 11.5. The predicted octanol–water partition coefficient (Wildman–Crippen LogP) is 1.57. The maximum atomic E-state index is 14.1. The van der Waals surface area contributed by atoms with E-state index in [-0.39, 0.29) is 6.61 Å². The van der Waals surface area contributed by atoms with Crippen molar-refractivity contribution in [2.45, 2.75) is 11.3 Å². The molecule has 0 atom stereocenters. The predicted molar refractivity (Wildman–Crippen MR) is 72.2 cm³/mol. The monoisotopic (exact) mass is 387 g/mol. The van der Waals surface area contributed by atoms with Crippen LogP contribution in [0.4, 0.5) is 8.78 Å². The molecule has 0 bridgehead atoms. The van der Waals surface area contributed by atoms with Crippen LogP contribution in [0.2, 0.25) is 0 Å². The minimum Gasteiger partial charge on any atom is -0.462 e. The van der Waals surface area contributed by atoms with Gasteiger partial charge in [0.15, 0.2) is 5.82 Å². The molecule has 0 amide bonds. The summed E-state index contributed by atoms with van der Waals surface area (Å²) in [6.07, 6.45) is 0.323. The lowest BCUT2D eigenvalue weighted by Gasteiger charge is -2.10. The van der Waals surface area contributed by atoms with E-state index in [2.05, 4.69) is 20.7 Å². The van der Waals surface area contributed by atoms with E-state index in [9.17, 15) is 22.0 Å². The van der Waals surface area contributed by atoms with Crippen molar-refractivity contribution in [1.82, 2.24) is 0 Å². The molecule has 1 rings (SSSR count). The van der Waals surface area contributed by atoms with Crippen LogP contribution in [-0.4, -0.2) is 34.7 Å². The number of hydrogen-bond acceptors (Lipinski definition) is 5. The molecule has 10 heteroatoms. The van der Waals surface area contributed by atoms with Crippen LogP contribution in [0.25, 0.3) is 0 Å². The molecule has 2 N–H and O–H groups in total. The van der Waals surface area contributed by atoms with E-state index in [1.165, 1.54) is 7.11 Å². The number of carbonyl (C=O) groups excluding carboxylic acids is 1. The minimum absolute atomic E-state index is 0.133. The number of primary sulfonamides is 1. The number of halogens is 3. The maximum Gasteiger partial charge on any atom is 0.344 e. The summed E-state index contributed by atoms with van der Waals surface area (Å²) in [6, 6.07) is 0.634. The fourth-order valence-electron chi connectivity index (χ4n) is 1.46. The molecule has 21 heavy (non-hydrogen) atoms. The first-order valence-corrected chi connectivity index (χ1v) is 7.90. The first-order chi connectivity index (χ1) is 9.70. The second kappa shape index (κ2) is 7.25. The van der Waals surface area contributed by atoms with Gasteiger partial charge in [0.05, 0.1) is 6.61 Å². The van der Waals surface area contributed by atoms with E-state index in [1.807, 2.05) is 0 Å². The van der Waals surface area contributed by atoms with E-state index in [0.717, 1.165) is 0 Å². The Morgan fingerprint density at radius 3 is 2.52 bits per heavy atom. The molecule has 0 radical (unpaired) electrons. The Bertz CT molecular complexity index is 651. The van der Waals surface area contributed by atoms with Crippen molar-refractivity contribution in [3.05, 3.63) is 27.7 Å². The van der Waals surface area contributed by atoms with Gasteiger partial charge in [-0.2, -0.15) is 0 Å². The van der Waals surface area contributed by atoms with Crippen molar-refractivity contribution < 1.29 is 31.5 Å². The number of hydrogen-bond donors (Lipinski definition) is 1. The van der Waals surface area contributed by atoms with Gasteiger partial charge in [0.25, 0.3) is 0 Å². The summed E-state index contributed by atoms with van der Waals surface area (Å²) in [7, 11) is -3.04. The van der Waals surface area contributed by atoms with Crippen LogP contribution in [0.3, 0.4) is 0 Å². The Morgan fingerprint density at radius 1 is 1.38 bits per heavy atom. The lowest BCUT2D eigenvalue weighted by atomic mass is 10.2. The Morgan fingerprint density at radius 2 is 2.00 bits per heavy atom. The third-order valence-corrected chi connectivity index (χ3v) is 4.20. The number of methoxy groups -OCH3 is 1. The summed E-state index contributed by atoms with van der Waals surface area (Å²) < 4.78 is 59.2. The van der Waals surface area contributed by atoms with Crippen molar-refractivity contribution in [3.63, 3.8) is 0 Å². The molecule has 0 spiro atoms. The molecule has 0 unspecified atom stereocenters. The van der Waals surface area contributed by atoms with Crippen molar-refractivity contribution in [3.8, 4) is 0 Å². The maximum absolute atomic E-state index is 14.1. The zero-order valence-electron chi connectivity index (χ0n) is 10.9. The van der Waals surface area contributed by atoms with Crippen molar-refractivity contribution in [2.24, 2.45) is 5.14 Å². The highest BCUT2D eigenvalue weighted by Gasteiger charge is 2.29. The minimum atomic E-state index is -4.48. The molecule has 0 aliphatic carbocycles. The van der Waals surface area contributed by atoms with E-state index in [0.29, 0.717) is 19.1 Å². The van der Waals surface area contributed by atoms with Gasteiger partial charge >= 0.3 is 5.97 Å². The number of sulfonamides is 1. The first kappa shape index (κ1) is 18.0. The van der Waals surface area contributed by atoms with Gasteiger partial charge in [0, 0.05) is 24.6 Å². The summed E-state index contributed by atoms with van der Waals surface area (Å²) in [5.74, 6) is -4.18. The second-order valence-corrected chi connectivity index (χ2v) is 6.24. The molecule has 0 fully saturated rings. The molecule has 1 aromatic carbocycles. The highest BCUT2D eigenvalue weighted by Crippen LogP contribution is 2.29. The highest BCUT2D eigenvalue weighted by molar-refractivity contribution is 9.10. The summed E-state index contributed by atoms with van der Waals surface area (Å²) in [5.41, 5.74) is -1.11. The van der Waals surface area contributed by atoms with E-state index in [4.69, 9.17) is 9.88 Å². The van der Waals surface area contributed by atoms with E-state index >= 15 is 0 Å². The Kier molecular flexibility index (Phi) is 6.20. The molecule has 0 aliphatic heterocycles. The molecule has 0 aromatic heterocycles. The van der Waals surface area contributed by atoms with Crippen LogP contribution in [0.15, 0.2) is 15.4 Å². The van der Waals surface area contributed by atoms with Gasteiger partial charge in [0.1, 0.15) is 16.3 Å². The molecular weight excluding hydrogens is 376 g/mol. The smallest absolute Gasteiger partial charge is 0.344 e. The largest absolute Gasteiger partial charge is 0.462 e. The van der Waals surface area contributed by atoms with Crippen LogP contribution in [0.5, 0.6) is 0 Å². The molecule has 0 aliphatic rings. The Labute approximate surface area is 128 Å². The fourth-order valence-corrected chi connectivity index (χ4v) is 3.19. The van der Waals surface area contributed by atoms with Gasteiger partial charge < -0.3 is 9.47 Å². The number of ether oxygens (including phenoxy) is 2. The van der Waals surface area contributed by atoms with E-state index in [1.54, 1.807) is 0 Å². The lowest BCUT2D eigenvalue weighted by molar-refractivity contribution is 0.0457. The van der Waals surface area contributed by atoms with Crippen LogP contribution >= 0.6 is 15.9 Å². The molecule has 1 aromatic rings. The van der Waals surface area contributed by atoms with Gasteiger partial charge in [-0.1, -0.05) is 0 Å². The highest BCUT2D eigenvalue weighted by atomic mass is 79.9. The van der Waals surface area contributed by atoms with Gasteiger partial charge in [-0.3, -0.25) is 0 Å². The number of nitrogens with two attached hydrogens (primary N) is 1. The molecule has 0 saturated heterocycles.